The Balaban J connectivity index is 1.77. The van der Waals surface area contributed by atoms with Gasteiger partial charge in [0.25, 0.3) is 0 Å². The van der Waals surface area contributed by atoms with E-state index in [1.54, 1.807) is 18.3 Å². The Hall–Kier alpha value is -2.42. The van der Waals surface area contributed by atoms with E-state index in [-0.39, 0.29) is 28.5 Å². The minimum Gasteiger partial charge on any atom is -0.352 e. The Morgan fingerprint density at radius 3 is 2.69 bits per heavy atom. The molecule has 2 heterocycles. The molecule has 138 valence electrons. The van der Waals surface area contributed by atoms with Crippen molar-refractivity contribution in [1.82, 2.24) is 15.1 Å². The summed E-state index contributed by atoms with van der Waals surface area (Å²) < 4.78 is 39.3. The van der Waals surface area contributed by atoms with Crippen LogP contribution < -0.4 is 10.2 Å². The number of nitrogens with one attached hydrogen (secondary N) is 1. The molecule has 1 aliphatic rings. The van der Waals surface area contributed by atoms with Gasteiger partial charge in [-0.1, -0.05) is 6.58 Å². The number of carbonyl (C=O) groups excluding carboxylic acids is 1. The standard InChI is InChI=1S/C17H17F3N4OS/c1-2-15(25)21-9-12-10-23(16-7-8-22-24(16)11-12)13-3-5-14(6-4-13)26-17(18,19)20/h2-8,12H,1,9-11H2,(H,21,25)/t12-/m0/s1. The summed E-state index contributed by atoms with van der Waals surface area (Å²) in [4.78, 5) is 13.5. The first-order chi connectivity index (χ1) is 12.4. The van der Waals surface area contributed by atoms with Gasteiger partial charge in [-0.25, -0.2) is 4.68 Å². The molecule has 5 nitrogen and oxygen atoms in total. The molecule has 0 aliphatic carbocycles. The number of hydrogen-bond acceptors (Lipinski definition) is 4. The monoisotopic (exact) mass is 382 g/mol. The molecule has 0 unspecified atom stereocenters. The molecular weight excluding hydrogens is 365 g/mol. The number of anilines is 2. The number of thioether (sulfide) groups is 1. The van der Waals surface area contributed by atoms with Gasteiger partial charge in [0.05, 0.1) is 6.20 Å². The third-order valence-corrected chi connectivity index (χ3v) is 4.71. The number of halogens is 3. The van der Waals surface area contributed by atoms with Crippen molar-refractivity contribution in [1.29, 1.82) is 0 Å². The van der Waals surface area contributed by atoms with Gasteiger partial charge < -0.3 is 10.2 Å². The molecule has 1 aliphatic heterocycles. The second-order valence-electron chi connectivity index (χ2n) is 5.84. The minimum atomic E-state index is -4.31. The molecule has 1 atom stereocenters. The molecule has 0 saturated heterocycles. The third kappa shape index (κ3) is 4.40. The SMILES string of the molecule is C=CC(=O)NC[C@H]1CN(c2ccc(SC(F)(F)F)cc2)c2ccnn2C1. The predicted octanol–water partition coefficient (Wildman–Crippen LogP) is 3.57. The van der Waals surface area contributed by atoms with E-state index in [1.165, 1.54) is 18.2 Å². The Morgan fingerprint density at radius 1 is 1.31 bits per heavy atom. The topological polar surface area (TPSA) is 50.2 Å². The smallest absolute Gasteiger partial charge is 0.352 e. The van der Waals surface area contributed by atoms with Crippen LogP contribution in [0.3, 0.4) is 0 Å². The van der Waals surface area contributed by atoms with Gasteiger partial charge in [-0.3, -0.25) is 4.79 Å². The van der Waals surface area contributed by atoms with Gasteiger partial charge in [-0.2, -0.15) is 18.3 Å². The molecule has 1 aromatic heterocycles. The molecule has 0 bridgehead atoms. The first-order valence-corrected chi connectivity index (χ1v) is 8.73. The van der Waals surface area contributed by atoms with E-state index in [0.717, 1.165) is 11.5 Å². The van der Waals surface area contributed by atoms with Crippen molar-refractivity contribution >= 4 is 29.2 Å². The lowest BCUT2D eigenvalue weighted by Gasteiger charge is -2.35. The van der Waals surface area contributed by atoms with Gasteiger partial charge in [0.2, 0.25) is 5.91 Å². The summed E-state index contributed by atoms with van der Waals surface area (Å²) in [5.41, 5.74) is -3.53. The number of hydrogen-bond donors (Lipinski definition) is 1. The maximum absolute atomic E-state index is 12.5. The first-order valence-electron chi connectivity index (χ1n) is 7.91. The summed E-state index contributed by atoms with van der Waals surface area (Å²) in [6, 6.07) is 8.09. The van der Waals surface area contributed by atoms with Crippen LogP contribution >= 0.6 is 11.8 Å². The van der Waals surface area contributed by atoms with E-state index in [0.29, 0.717) is 19.6 Å². The average Bonchev–Trinajstić information content (AvgIpc) is 3.06. The van der Waals surface area contributed by atoms with Crippen LogP contribution in [0.2, 0.25) is 0 Å². The number of fused-ring (bicyclic) bond motifs is 1. The van der Waals surface area contributed by atoms with Crippen molar-refractivity contribution in [2.75, 3.05) is 18.0 Å². The van der Waals surface area contributed by atoms with Gasteiger partial charge in [0, 0.05) is 42.2 Å². The number of nitrogens with zero attached hydrogens (tertiary/aromatic N) is 3. The van der Waals surface area contributed by atoms with Crippen molar-refractivity contribution in [2.24, 2.45) is 5.92 Å². The maximum atomic E-state index is 12.5. The van der Waals surface area contributed by atoms with Crippen molar-refractivity contribution in [3.8, 4) is 0 Å². The van der Waals surface area contributed by atoms with Gasteiger partial charge in [0.1, 0.15) is 5.82 Å². The van der Waals surface area contributed by atoms with Crippen molar-refractivity contribution in [2.45, 2.75) is 16.9 Å². The van der Waals surface area contributed by atoms with Crippen LogP contribution in [0.25, 0.3) is 0 Å². The number of aromatic nitrogens is 2. The zero-order chi connectivity index (χ0) is 18.7. The van der Waals surface area contributed by atoms with Crippen molar-refractivity contribution < 1.29 is 18.0 Å². The number of alkyl halides is 3. The zero-order valence-electron chi connectivity index (χ0n) is 13.7. The lowest BCUT2D eigenvalue weighted by molar-refractivity contribution is -0.116. The highest BCUT2D eigenvalue weighted by Crippen LogP contribution is 2.38. The van der Waals surface area contributed by atoms with Gasteiger partial charge >= 0.3 is 5.51 Å². The fourth-order valence-corrected chi connectivity index (χ4v) is 3.40. The Bertz CT molecular complexity index is 788. The van der Waals surface area contributed by atoms with Crippen molar-refractivity contribution in [3.63, 3.8) is 0 Å². The van der Waals surface area contributed by atoms with E-state index < -0.39 is 5.51 Å². The Morgan fingerprint density at radius 2 is 2.04 bits per heavy atom. The van der Waals surface area contributed by atoms with Crippen LogP contribution in [-0.4, -0.2) is 34.3 Å². The lowest BCUT2D eigenvalue weighted by Crippen LogP contribution is -2.41. The highest BCUT2D eigenvalue weighted by atomic mass is 32.2. The highest BCUT2D eigenvalue weighted by molar-refractivity contribution is 8.00. The molecule has 0 saturated carbocycles. The molecule has 1 N–H and O–H groups in total. The van der Waals surface area contributed by atoms with Gasteiger partial charge in [-0.05, 0) is 42.1 Å². The van der Waals surface area contributed by atoms with Crippen molar-refractivity contribution in [3.05, 3.63) is 49.2 Å². The molecular formula is C17H17F3N4OS. The van der Waals surface area contributed by atoms with E-state index in [9.17, 15) is 18.0 Å². The summed E-state index contributed by atoms with van der Waals surface area (Å²) in [5.74, 6) is 0.736. The van der Waals surface area contributed by atoms with Crippen LogP contribution in [0.5, 0.6) is 0 Å². The second-order valence-corrected chi connectivity index (χ2v) is 6.98. The number of rotatable bonds is 5. The Kier molecular flexibility index (Phi) is 5.26. The summed E-state index contributed by atoms with van der Waals surface area (Å²) in [5, 5.41) is 7.06. The molecule has 0 fully saturated rings. The fraction of sp³-hybridized carbons (Fsp3) is 0.294. The minimum absolute atomic E-state index is 0.107. The van der Waals surface area contributed by atoms with Crippen LogP contribution in [0.4, 0.5) is 24.7 Å². The summed E-state index contributed by atoms with van der Waals surface area (Å²) in [6.07, 6.45) is 2.90. The van der Waals surface area contributed by atoms with E-state index >= 15 is 0 Å². The van der Waals surface area contributed by atoms with E-state index in [1.807, 2.05) is 15.6 Å². The average molecular weight is 382 g/mol. The van der Waals surface area contributed by atoms with E-state index in [2.05, 4.69) is 17.0 Å². The van der Waals surface area contributed by atoms with Crippen LogP contribution in [0, 0.1) is 5.92 Å². The molecule has 1 amide bonds. The number of benzene rings is 1. The van der Waals surface area contributed by atoms with Crippen LogP contribution in [-0.2, 0) is 11.3 Å². The normalized spacial score (nSPS) is 16.9. The molecule has 0 spiro atoms. The largest absolute Gasteiger partial charge is 0.446 e. The molecule has 2 aromatic rings. The molecule has 1 aromatic carbocycles. The van der Waals surface area contributed by atoms with Crippen LogP contribution in [0.1, 0.15) is 0 Å². The lowest BCUT2D eigenvalue weighted by atomic mass is 10.1. The summed E-state index contributed by atoms with van der Waals surface area (Å²) >= 11 is -0.135. The number of amides is 1. The summed E-state index contributed by atoms with van der Waals surface area (Å²) in [7, 11) is 0. The highest BCUT2D eigenvalue weighted by Gasteiger charge is 2.30. The maximum Gasteiger partial charge on any atom is 0.446 e. The van der Waals surface area contributed by atoms with E-state index in [4.69, 9.17) is 0 Å². The molecule has 3 rings (SSSR count). The second kappa shape index (κ2) is 7.45. The fourth-order valence-electron chi connectivity index (χ4n) is 2.86. The van der Waals surface area contributed by atoms with Gasteiger partial charge in [0.15, 0.2) is 0 Å². The predicted molar refractivity (Wildman–Crippen MR) is 94.3 cm³/mol. The van der Waals surface area contributed by atoms with Crippen LogP contribution in [0.15, 0.2) is 54.1 Å². The third-order valence-electron chi connectivity index (χ3n) is 3.97. The van der Waals surface area contributed by atoms with Gasteiger partial charge in [-0.15, -0.1) is 0 Å². The molecule has 9 heteroatoms. The Labute approximate surface area is 152 Å². The quantitative estimate of drug-likeness (QED) is 0.635. The summed E-state index contributed by atoms with van der Waals surface area (Å²) in [6.45, 7) is 5.16. The molecule has 26 heavy (non-hydrogen) atoms. The number of carbonyl (C=O) groups is 1. The molecule has 0 radical (unpaired) electrons. The zero-order valence-corrected chi connectivity index (χ0v) is 14.6. The first kappa shape index (κ1) is 18.4.